The van der Waals surface area contributed by atoms with E-state index in [0.29, 0.717) is 11.3 Å². The molecule has 9 heteroatoms. The van der Waals surface area contributed by atoms with Gasteiger partial charge < -0.3 is 19.2 Å². The SMILES string of the molecule is COc1cc([N+](=O)[O-])ccc1NC(=O)[C@H](C)Oc1ccc2c(C)cc(=O)oc2c1. The number of hydrogen-bond acceptors (Lipinski definition) is 7. The summed E-state index contributed by atoms with van der Waals surface area (Å²) in [5.41, 5.74) is 0.787. The molecule has 29 heavy (non-hydrogen) atoms. The third kappa shape index (κ3) is 4.34. The highest BCUT2D eigenvalue weighted by atomic mass is 16.6. The lowest BCUT2D eigenvalue weighted by Gasteiger charge is -2.16. The van der Waals surface area contributed by atoms with E-state index in [4.69, 9.17) is 13.9 Å². The molecule has 1 amide bonds. The summed E-state index contributed by atoms with van der Waals surface area (Å²) in [6.45, 7) is 3.34. The third-order valence-corrected chi connectivity index (χ3v) is 4.26. The molecule has 0 saturated carbocycles. The lowest BCUT2D eigenvalue weighted by Crippen LogP contribution is -2.30. The second-order valence-corrected chi connectivity index (χ2v) is 6.30. The van der Waals surface area contributed by atoms with Crippen LogP contribution in [-0.4, -0.2) is 24.0 Å². The van der Waals surface area contributed by atoms with Gasteiger partial charge in [-0.15, -0.1) is 0 Å². The molecule has 150 valence electrons. The van der Waals surface area contributed by atoms with Gasteiger partial charge >= 0.3 is 5.63 Å². The van der Waals surface area contributed by atoms with Crippen molar-refractivity contribution in [3.8, 4) is 11.5 Å². The van der Waals surface area contributed by atoms with E-state index in [1.54, 1.807) is 32.0 Å². The molecule has 0 aliphatic carbocycles. The molecule has 1 atom stereocenters. The maximum Gasteiger partial charge on any atom is 0.336 e. The fourth-order valence-corrected chi connectivity index (χ4v) is 2.77. The van der Waals surface area contributed by atoms with Gasteiger partial charge in [0, 0.05) is 23.6 Å². The molecule has 0 fully saturated rings. The molecular weight excluding hydrogens is 380 g/mol. The number of hydrogen-bond donors (Lipinski definition) is 1. The predicted molar refractivity (Wildman–Crippen MR) is 106 cm³/mol. The zero-order valence-corrected chi connectivity index (χ0v) is 15.9. The van der Waals surface area contributed by atoms with Crippen LogP contribution in [0.15, 0.2) is 51.7 Å². The number of nitrogens with one attached hydrogen (secondary N) is 1. The van der Waals surface area contributed by atoms with Crippen molar-refractivity contribution in [2.45, 2.75) is 20.0 Å². The number of carbonyl (C=O) groups is 1. The predicted octanol–water partition coefficient (Wildman–Crippen LogP) is 3.42. The molecule has 9 nitrogen and oxygen atoms in total. The van der Waals surface area contributed by atoms with Crippen LogP contribution in [0.1, 0.15) is 12.5 Å². The Hall–Kier alpha value is -3.88. The fraction of sp³-hybridized carbons (Fsp3) is 0.200. The number of methoxy groups -OCH3 is 1. The van der Waals surface area contributed by atoms with Gasteiger partial charge in [0.1, 0.15) is 17.1 Å². The maximum absolute atomic E-state index is 12.5. The monoisotopic (exact) mass is 398 g/mol. The highest BCUT2D eigenvalue weighted by Gasteiger charge is 2.19. The number of aryl methyl sites for hydroxylation is 1. The lowest BCUT2D eigenvalue weighted by atomic mass is 10.1. The van der Waals surface area contributed by atoms with E-state index in [1.165, 1.54) is 31.4 Å². The van der Waals surface area contributed by atoms with Gasteiger partial charge in [0.25, 0.3) is 11.6 Å². The van der Waals surface area contributed by atoms with E-state index in [2.05, 4.69) is 5.32 Å². The summed E-state index contributed by atoms with van der Waals surface area (Å²) < 4.78 is 15.9. The average molecular weight is 398 g/mol. The number of fused-ring (bicyclic) bond motifs is 1. The summed E-state index contributed by atoms with van der Waals surface area (Å²) in [4.78, 5) is 34.3. The topological polar surface area (TPSA) is 121 Å². The number of anilines is 1. The number of nitrogens with zero attached hydrogens (tertiary/aromatic N) is 1. The van der Waals surface area contributed by atoms with Crippen LogP contribution >= 0.6 is 0 Å². The third-order valence-electron chi connectivity index (χ3n) is 4.26. The van der Waals surface area contributed by atoms with E-state index in [0.717, 1.165) is 10.9 Å². The normalized spacial score (nSPS) is 11.7. The Balaban J connectivity index is 1.76. The Bertz CT molecular complexity index is 1150. The smallest absolute Gasteiger partial charge is 0.336 e. The van der Waals surface area contributed by atoms with Crippen LogP contribution in [0.5, 0.6) is 11.5 Å². The van der Waals surface area contributed by atoms with Crippen LogP contribution in [-0.2, 0) is 4.79 Å². The quantitative estimate of drug-likeness (QED) is 0.383. The molecule has 0 unspecified atom stereocenters. The van der Waals surface area contributed by atoms with Gasteiger partial charge in [0.05, 0.1) is 23.8 Å². The van der Waals surface area contributed by atoms with E-state index in [1.807, 2.05) is 0 Å². The zero-order valence-electron chi connectivity index (χ0n) is 15.9. The minimum absolute atomic E-state index is 0.155. The number of non-ortho nitro benzene ring substituents is 1. The molecule has 0 aliphatic rings. The Kier molecular flexibility index (Phi) is 5.49. The molecule has 1 heterocycles. The van der Waals surface area contributed by atoms with Gasteiger partial charge in [-0.25, -0.2) is 4.79 Å². The van der Waals surface area contributed by atoms with Crippen molar-refractivity contribution in [2.75, 3.05) is 12.4 Å². The van der Waals surface area contributed by atoms with Crippen LogP contribution < -0.4 is 20.4 Å². The summed E-state index contributed by atoms with van der Waals surface area (Å²) in [7, 11) is 1.35. The first kappa shape index (κ1) is 19.9. The van der Waals surface area contributed by atoms with E-state index in [9.17, 15) is 19.7 Å². The minimum atomic E-state index is -0.899. The first-order valence-electron chi connectivity index (χ1n) is 8.63. The minimum Gasteiger partial charge on any atom is -0.494 e. The molecule has 0 spiro atoms. The van der Waals surface area contributed by atoms with E-state index in [-0.39, 0.29) is 17.1 Å². The molecule has 2 aromatic carbocycles. The van der Waals surface area contributed by atoms with Gasteiger partial charge in [-0.1, -0.05) is 0 Å². The van der Waals surface area contributed by atoms with Crippen LogP contribution in [0.25, 0.3) is 11.0 Å². The van der Waals surface area contributed by atoms with Gasteiger partial charge in [0.15, 0.2) is 6.10 Å². The van der Waals surface area contributed by atoms with Gasteiger partial charge in [-0.2, -0.15) is 0 Å². The molecule has 1 aromatic heterocycles. The summed E-state index contributed by atoms with van der Waals surface area (Å²) >= 11 is 0. The molecule has 1 N–H and O–H groups in total. The highest BCUT2D eigenvalue weighted by molar-refractivity contribution is 5.95. The first-order chi connectivity index (χ1) is 13.8. The Morgan fingerprint density at radius 2 is 1.97 bits per heavy atom. The van der Waals surface area contributed by atoms with Gasteiger partial charge in [-0.05, 0) is 37.6 Å². The van der Waals surface area contributed by atoms with Crippen molar-refractivity contribution in [2.24, 2.45) is 0 Å². The molecule has 0 aliphatic heterocycles. The van der Waals surface area contributed by atoms with Gasteiger partial charge in [-0.3, -0.25) is 14.9 Å². The van der Waals surface area contributed by atoms with Crippen LogP contribution in [0.4, 0.5) is 11.4 Å². The number of amides is 1. The number of rotatable bonds is 6. The number of benzene rings is 2. The summed E-state index contributed by atoms with van der Waals surface area (Å²) in [6.07, 6.45) is -0.899. The van der Waals surface area contributed by atoms with Crippen molar-refractivity contribution in [1.29, 1.82) is 0 Å². The lowest BCUT2D eigenvalue weighted by molar-refractivity contribution is -0.384. The molecule has 3 aromatic rings. The van der Waals surface area contributed by atoms with Gasteiger partial charge in [0.2, 0.25) is 0 Å². The van der Waals surface area contributed by atoms with Crippen molar-refractivity contribution in [3.63, 3.8) is 0 Å². The van der Waals surface area contributed by atoms with Crippen molar-refractivity contribution in [3.05, 3.63) is 68.6 Å². The second-order valence-electron chi connectivity index (χ2n) is 6.30. The molecule has 0 radical (unpaired) electrons. The Morgan fingerprint density at radius 3 is 2.66 bits per heavy atom. The van der Waals surface area contributed by atoms with E-state index >= 15 is 0 Å². The zero-order chi connectivity index (χ0) is 21.1. The van der Waals surface area contributed by atoms with Crippen molar-refractivity contribution < 1.29 is 23.6 Å². The highest BCUT2D eigenvalue weighted by Crippen LogP contribution is 2.29. The Labute approximate surface area is 165 Å². The number of nitro benzene ring substituents is 1. The summed E-state index contributed by atoms with van der Waals surface area (Å²) in [6, 6.07) is 10.2. The number of nitro groups is 1. The van der Waals surface area contributed by atoms with Crippen molar-refractivity contribution >= 4 is 28.3 Å². The first-order valence-corrected chi connectivity index (χ1v) is 8.63. The van der Waals surface area contributed by atoms with Crippen LogP contribution in [0, 0.1) is 17.0 Å². The van der Waals surface area contributed by atoms with Crippen LogP contribution in [0.3, 0.4) is 0 Å². The molecule has 3 rings (SSSR count). The number of carbonyl (C=O) groups excluding carboxylic acids is 1. The molecule has 0 bridgehead atoms. The average Bonchev–Trinajstić information content (AvgIpc) is 2.67. The largest absolute Gasteiger partial charge is 0.494 e. The molecule has 0 saturated heterocycles. The molecular formula is C20H18N2O7. The fourth-order valence-electron chi connectivity index (χ4n) is 2.77. The summed E-state index contributed by atoms with van der Waals surface area (Å²) in [5, 5.41) is 14.3. The Morgan fingerprint density at radius 1 is 1.21 bits per heavy atom. The second kappa shape index (κ2) is 8.01. The van der Waals surface area contributed by atoms with E-state index < -0.39 is 22.6 Å². The standard InChI is InChI=1S/C20H18N2O7/c1-11-8-19(23)29-17-10-14(5-6-15(11)17)28-12(2)20(24)21-16-7-4-13(22(25)26)9-18(16)27-3/h4-10,12H,1-3H3,(H,21,24)/t12-/m0/s1. The van der Waals surface area contributed by atoms with Crippen LogP contribution in [0.2, 0.25) is 0 Å². The maximum atomic E-state index is 12.5. The van der Waals surface area contributed by atoms with Crippen molar-refractivity contribution in [1.82, 2.24) is 0 Å². The number of ether oxygens (including phenoxy) is 2. The summed E-state index contributed by atoms with van der Waals surface area (Å²) in [5.74, 6) is 0.0233.